The summed E-state index contributed by atoms with van der Waals surface area (Å²) in [5.74, 6) is 1.17. The Morgan fingerprint density at radius 3 is 2.68 bits per heavy atom. The molecule has 0 aromatic carbocycles. The standard InChI is InChI=1S/C14H21N7O2S2/c1-9-15-11(8-13(16-9)17-14-19-18-10(2)24-14)12-6-5-7-21(12)25(22,23)20(3)4/h8,12H,5-7H2,1-4H3,(H,15,16,17,19). The third kappa shape index (κ3) is 3.78. The molecule has 136 valence electrons. The number of nitrogens with one attached hydrogen (secondary N) is 1. The fraction of sp³-hybridized carbons (Fsp3) is 0.571. The van der Waals surface area contributed by atoms with E-state index in [1.165, 1.54) is 19.9 Å². The van der Waals surface area contributed by atoms with Crippen LogP contribution in [0, 0.1) is 13.8 Å². The van der Waals surface area contributed by atoms with Gasteiger partial charge in [0.05, 0.1) is 11.7 Å². The Hall–Kier alpha value is -1.69. The van der Waals surface area contributed by atoms with Crippen molar-refractivity contribution in [1.29, 1.82) is 0 Å². The fourth-order valence-corrected chi connectivity index (χ4v) is 4.72. The van der Waals surface area contributed by atoms with Crippen molar-refractivity contribution in [1.82, 2.24) is 28.8 Å². The van der Waals surface area contributed by atoms with E-state index in [4.69, 9.17) is 0 Å². The summed E-state index contributed by atoms with van der Waals surface area (Å²) in [6, 6.07) is 1.50. The van der Waals surface area contributed by atoms with Gasteiger partial charge in [-0.2, -0.15) is 17.0 Å². The molecule has 2 aromatic rings. The van der Waals surface area contributed by atoms with Gasteiger partial charge in [0.15, 0.2) is 0 Å². The molecule has 25 heavy (non-hydrogen) atoms. The van der Waals surface area contributed by atoms with Crippen LogP contribution >= 0.6 is 11.3 Å². The molecule has 0 saturated carbocycles. The van der Waals surface area contributed by atoms with Gasteiger partial charge in [0.1, 0.15) is 16.6 Å². The van der Waals surface area contributed by atoms with Gasteiger partial charge < -0.3 is 5.32 Å². The quantitative estimate of drug-likeness (QED) is 0.837. The van der Waals surface area contributed by atoms with E-state index in [9.17, 15) is 8.42 Å². The largest absolute Gasteiger partial charge is 0.315 e. The summed E-state index contributed by atoms with van der Waals surface area (Å²) >= 11 is 1.43. The van der Waals surface area contributed by atoms with E-state index >= 15 is 0 Å². The van der Waals surface area contributed by atoms with Gasteiger partial charge in [-0.25, -0.2) is 9.97 Å². The summed E-state index contributed by atoms with van der Waals surface area (Å²) in [5, 5.41) is 12.6. The number of aromatic nitrogens is 4. The second kappa shape index (κ2) is 6.90. The zero-order chi connectivity index (χ0) is 18.2. The predicted molar refractivity (Wildman–Crippen MR) is 96.0 cm³/mol. The maximum Gasteiger partial charge on any atom is 0.282 e. The molecule has 1 unspecified atom stereocenters. The molecule has 0 amide bonds. The molecule has 1 saturated heterocycles. The molecule has 1 aliphatic heterocycles. The number of aryl methyl sites for hydroxylation is 2. The lowest BCUT2D eigenvalue weighted by Crippen LogP contribution is -2.39. The van der Waals surface area contributed by atoms with Gasteiger partial charge in [0, 0.05) is 26.7 Å². The highest BCUT2D eigenvalue weighted by molar-refractivity contribution is 7.86. The Morgan fingerprint density at radius 2 is 2.04 bits per heavy atom. The Kier molecular flexibility index (Phi) is 5.00. The number of rotatable bonds is 5. The molecular weight excluding hydrogens is 362 g/mol. The fourth-order valence-electron chi connectivity index (χ4n) is 2.80. The summed E-state index contributed by atoms with van der Waals surface area (Å²) < 4.78 is 27.9. The summed E-state index contributed by atoms with van der Waals surface area (Å²) in [5.41, 5.74) is 0.694. The molecule has 0 spiro atoms. The minimum atomic E-state index is -3.49. The van der Waals surface area contributed by atoms with Gasteiger partial charge in [0.2, 0.25) is 5.13 Å². The van der Waals surface area contributed by atoms with Crippen LogP contribution in [0.25, 0.3) is 0 Å². The highest BCUT2D eigenvalue weighted by atomic mass is 32.2. The lowest BCUT2D eigenvalue weighted by atomic mass is 10.1. The first-order valence-electron chi connectivity index (χ1n) is 7.89. The van der Waals surface area contributed by atoms with Crippen LogP contribution in [0.2, 0.25) is 0 Å². The minimum absolute atomic E-state index is 0.286. The molecule has 1 N–H and O–H groups in total. The van der Waals surface area contributed by atoms with Crippen molar-refractivity contribution in [3.63, 3.8) is 0 Å². The van der Waals surface area contributed by atoms with Crippen LogP contribution in [-0.4, -0.2) is 57.8 Å². The Balaban J connectivity index is 1.91. The van der Waals surface area contributed by atoms with Gasteiger partial charge in [-0.15, -0.1) is 10.2 Å². The van der Waals surface area contributed by atoms with Crippen molar-refractivity contribution in [2.75, 3.05) is 26.0 Å². The van der Waals surface area contributed by atoms with Gasteiger partial charge in [-0.1, -0.05) is 11.3 Å². The van der Waals surface area contributed by atoms with E-state index in [0.717, 1.165) is 17.8 Å². The van der Waals surface area contributed by atoms with Gasteiger partial charge >= 0.3 is 0 Å². The number of hydrogen-bond donors (Lipinski definition) is 1. The third-order valence-corrected chi connectivity index (χ3v) is 6.63. The number of anilines is 2. The minimum Gasteiger partial charge on any atom is -0.315 e. The zero-order valence-electron chi connectivity index (χ0n) is 14.6. The molecule has 2 aromatic heterocycles. The Morgan fingerprint density at radius 1 is 1.28 bits per heavy atom. The van der Waals surface area contributed by atoms with E-state index in [2.05, 4.69) is 25.5 Å². The second-order valence-electron chi connectivity index (χ2n) is 6.04. The van der Waals surface area contributed by atoms with E-state index in [1.54, 1.807) is 27.1 Å². The Bertz CT molecular complexity index is 866. The zero-order valence-corrected chi connectivity index (χ0v) is 16.2. The van der Waals surface area contributed by atoms with Crippen molar-refractivity contribution >= 4 is 32.5 Å². The molecule has 1 atom stereocenters. The van der Waals surface area contributed by atoms with E-state index in [-0.39, 0.29) is 6.04 Å². The first-order valence-corrected chi connectivity index (χ1v) is 10.1. The summed E-state index contributed by atoms with van der Waals surface area (Å²) in [6.07, 6.45) is 1.54. The topological polar surface area (TPSA) is 104 Å². The highest BCUT2D eigenvalue weighted by Gasteiger charge is 2.37. The lowest BCUT2D eigenvalue weighted by molar-refractivity contribution is 0.357. The average molecular weight is 384 g/mol. The summed E-state index contributed by atoms with van der Waals surface area (Å²) in [7, 11) is -0.405. The van der Waals surface area contributed by atoms with Gasteiger partial charge in [0.25, 0.3) is 10.2 Å². The van der Waals surface area contributed by atoms with Crippen LogP contribution in [0.1, 0.15) is 35.4 Å². The molecule has 3 rings (SSSR count). The van der Waals surface area contributed by atoms with Gasteiger partial charge in [-0.05, 0) is 26.7 Å². The van der Waals surface area contributed by atoms with Crippen LogP contribution in [0.3, 0.4) is 0 Å². The molecule has 9 nitrogen and oxygen atoms in total. The number of nitrogens with zero attached hydrogens (tertiary/aromatic N) is 6. The molecule has 3 heterocycles. The average Bonchev–Trinajstić information content (AvgIpc) is 3.16. The molecule has 0 bridgehead atoms. The van der Waals surface area contributed by atoms with Crippen molar-refractivity contribution in [3.05, 3.63) is 22.6 Å². The molecule has 1 aliphatic rings. The Labute approximate surface area is 151 Å². The molecule has 1 fully saturated rings. The lowest BCUT2D eigenvalue weighted by Gasteiger charge is -2.26. The molecular formula is C14H21N7O2S2. The second-order valence-corrected chi connectivity index (χ2v) is 9.31. The maximum atomic E-state index is 12.6. The highest BCUT2D eigenvalue weighted by Crippen LogP contribution is 2.35. The van der Waals surface area contributed by atoms with Crippen molar-refractivity contribution in [2.45, 2.75) is 32.7 Å². The first-order chi connectivity index (χ1) is 11.8. The normalized spacial score (nSPS) is 18.8. The predicted octanol–water partition coefficient (Wildman–Crippen LogP) is 1.63. The third-order valence-electron chi connectivity index (χ3n) is 3.92. The number of hydrogen-bond acceptors (Lipinski definition) is 8. The maximum absolute atomic E-state index is 12.6. The van der Waals surface area contributed by atoms with Crippen LogP contribution in [0.15, 0.2) is 6.07 Å². The van der Waals surface area contributed by atoms with Crippen molar-refractivity contribution < 1.29 is 8.42 Å². The monoisotopic (exact) mass is 383 g/mol. The molecule has 0 aliphatic carbocycles. The van der Waals surface area contributed by atoms with Crippen LogP contribution in [0.4, 0.5) is 10.9 Å². The van der Waals surface area contributed by atoms with Gasteiger partial charge in [-0.3, -0.25) is 0 Å². The van der Waals surface area contributed by atoms with E-state index < -0.39 is 10.2 Å². The smallest absolute Gasteiger partial charge is 0.282 e. The van der Waals surface area contributed by atoms with Crippen LogP contribution in [-0.2, 0) is 10.2 Å². The molecule has 11 heteroatoms. The molecule has 0 radical (unpaired) electrons. The SMILES string of the molecule is Cc1nc(Nc2nnc(C)s2)cc(C2CCCN2S(=O)(=O)N(C)C)n1. The first kappa shape index (κ1) is 18.1. The van der Waals surface area contributed by atoms with E-state index in [0.29, 0.717) is 29.0 Å². The van der Waals surface area contributed by atoms with Crippen molar-refractivity contribution in [2.24, 2.45) is 0 Å². The van der Waals surface area contributed by atoms with Crippen LogP contribution in [0.5, 0.6) is 0 Å². The van der Waals surface area contributed by atoms with Crippen molar-refractivity contribution in [3.8, 4) is 0 Å². The van der Waals surface area contributed by atoms with Crippen LogP contribution < -0.4 is 5.32 Å². The summed E-state index contributed by atoms with van der Waals surface area (Å²) in [4.78, 5) is 8.85. The summed E-state index contributed by atoms with van der Waals surface area (Å²) in [6.45, 7) is 4.16. The van der Waals surface area contributed by atoms with E-state index in [1.807, 2.05) is 6.92 Å².